The van der Waals surface area contributed by atoms with Crippen LogP contribution in [0.15, 0.2) is 41.8 Å². The molecule has 0 saturated carbocycles. The minimum absolute atomic E-state index is 0.384. The lowest BCUT2D eigenvalue weighted by Gasteiger charge is -2.02. The van der Waals surface area contributed by atoms with Gasteiger partial charge in [0.25, 0.3) is 0 Å². The van der Waals surface area contributed by atoms with E-state index in [4.69, 9.17) is 0 Å². The van der Waals surface area contributed by atoms with Crippen molar-refractivity contribution in [3.05, 3.63) is 41.8 Å². The first kappa shape index (κ1) is 10.9. The zero-order valence-electron chi connectivity index (χ0n) is 10.6. The summed E-state index contributed by atoms with van der Waals surface area (Å²) in [5.74, 6) is 0.384. The average molecular weight is 267 g/mol. The summed E-state index contributed by atoms with van der Waals surface area (Å²) in [5, 5.41) is 15.2. The second kappa shape index (κ2) is 3.75. The van der Waals surface area contributed by atoms with E-state index in [9.17, 15) is 5.11 Å². The van der Waals surface area contributed by atoms with E-state index in [0.29, 0.717) is 5.75 Å². The molecule has 0 aliphatic carbocycles. The molecule has 2 aromatic heterocycles. The van der Waals surface area contributed by atoms with Crippen molar-refractivity contribution in [2.75, 3.05) is 0 Å². The molecule has 0 amide bonds. The van der Waals surface area contributed by atoms with E-state index in [0.717, 1.165) is 16.6 Å². The molecule has 2 aromatic carbocycles. The highest BCUT2D eigenvalue weighted by molar-refractivity contribution is 7.17. The Hall–Kier alpha value is -2.00. The van der Waals surface area contributed by atoms with Crippen LogP contribution in [0, 0.1) is 0 Å². The third-order valence-corrected chi connectivity index (χ3v) is 4.70. The number of fused-ring (bicyclic) bond motifs is 4. The minimum atomic E-state index is 0.384. The molecule has 2 nitrogen and oxygen atoms in total. The van der Waals surface area contributed by atoms with Crippen LogP contribution < -0.4 is 0 Å². The van der Waals surface area contributed by atoms with E-state index in [-0.39, 0.29) is 0 Å². The lowest BCUT2D eigenvalue weighted by atomic mass is 10.1. The van der Waals surface area contributed by atoms with Gasteiger partial charge >= 0.3 is 0 Å². The third-order valence-electron chi connectivity index (χ3n) is 3.76. The number of para-hydroxylation sites is 1. The molecule has 0 saturated heterocycles. The number of aromatic nitrogens is 1. The smallest absolute Gasteiger partial charge is 0.134 e. The quantitative estimate of drug-likeness (QED) is 0.529. The fraction of sp³-hybridized carbons (Fsp3) is 0.125. The van der Waals surface area contributed by atoms with Crippen LogP contribution in [0.5, 0.6) is 5.75 Å². The van der Waals surface area contributed by atoms with Crippen molar-refractivity contribution < 1.29 is 5.11 Å². The second-order valence-electron chi connectivity index (χ2n) is 4.75. The molecule has 0 aliphatic heterocycles. The van der Waals surface area contributed by atoms with Gasteiger partial charge in [-0.25, -0.2) is 0 Å². The van der Waals surface area contributed by atoms with E-state index >= 15 is 0 Å². The van der Waals surface area contributed by atoms with Crippen molar-refractivity contribution in [1.82, 2.24) is 4.57 Å². The Bertz CT molecular complexity index is 917. The number of aryl methyl sites for hydroxylation is 1. The maximum Gasteiger partial charge on any atom is 0.134 e. The predicted octanol–water partition coefficient (Wildman–Crippen LogP) is 4.73. The van der Waals surface area contributed by atoms with Gasteiger partial charge in [-0.05, 0) is 25.1 Å². The van der Waals surface area contributed by atoms with Crippen LogP contribution in [0.3, 0.4) is 0 Å². The molecule has 0 radical (unpaired) electrons. The van der Waals surface area contributed by atoms with Crippen LogP contribution in [0.4, 0.5) is 0 Å². The Kier molecular flexibility index (Phi) is 2.15. The van der Waals surface area contributed by atoms with Crippen LogP contribution in [-0.2, 0) is 6.54 Å². The third kappa shape index (κ3) is 1.36. The van der Waals surface area contributed by atoms with Gasteiger partial charge in [-0.2, -0.15) is 0 Å². The van der Waals surface area contributed by atoms with Gasteiger partial charge in [-0.1, -0.05) is 18.2 Å². The first-order chi connectivity index (χ1) is 9.29. The summed E-state index contributed by atoms with van der Waals surface area (Å²) in [5.41, 5.74) is 2.46. The van der Waals surface area contributed by atoms with E-state index < -0.39 is 0 Å². The number of nitrogens with zero attached hydrogens (tertiary/aromatic N) is 1. The van der Waals surface area contributed by atoms with Gasteiger partial charge in [0, 0.05) is 43.8 Å². The number of rotatable bonds is 1. The van der Waals surface area contributed by atoms with Crippen molar-refractivity contribution in [3.8, 4) is 5.75 Å². The molecule has 0 unspecified atom stereocenters. The molecule has 2 heterocycles. The molecular formula is C16H13NOS. The molecule has 0 spiro atoms. The number of hydrogen-bond acceptors (Lipinski definition) is 2. The van der Waals surface area contributed by atoms with Crippen LogP contribution in [0.1, 0.15) is 6.92 Å². The van der Waals surface area contributed by atoms with Crippen molar-refractivity contribution in [2.24, 2.45) is 0 Å². The molecule has 0 aliphatic rings. The van der Waals surface area contributed by atoms with Crippen LogP contribution >= 0.6 is 11.3 Å². The van der Waals surface area contributed by atoms with Gasteiger partial charge in [-0.3, -0.25) is 0 Å². The highest BCUT2D eigenvalue weighted by Gasteiger charge is 2.12. The number of hydrogen-bond donors (Lipinski definition) is 1. The number of thiophene rings is 1. The second-order valence-corrected chi connectivity index (χ2v) is 5.66. The maximum absolute atomic E-state index is 9.91. The van der Waals surface area contributed by atoms with Gasteiger partial charge in [0.1, 0.15) is 5.75 Å². The summed E-state index contributed by atoms with van der Waals surface area (Å²) in [7, 11) is 0. The molecule has 0 bridgehead atoms. The van der Waals surface area contributed by atoms with Crippen molar-refractivity contribution >= 4 is 43.2 Å². The molecular weight excluding hydrogens is 254 g/mol. The summed E-state index contributed by atoms with van der Waals surface area (Å²) >= 11 is 1.59. The van der Waals surface area contributed by atoms with Crippen molar-refractivity contribution in [3.63, 3.8) is 0 Å². The van der Waals surface area contributed by atoms with Gasteiger partial charge in [0.15, 0.2) is 0 Å². The lowest BCUT2D eigenvalue weighted by Crippen LogP contribution is -1.92. The van der Waals surface area contributed by atoms with E-state index in [2.05, 4.69) is 47.9 Å². The number of aromatic hydroxyl groups is 1. The van der Waals surface area contributed by atoms with Crippen LogP contribution in [-0.4, -0.2) is 9.67 Å². The highest BCUT2D eigenvalue weighted by atomic mass is 32.1. The summed E-state index contributed by atoms with van der Waals surface area (Å²) in [6.45, 7) is 3.09. The van der Waals surface area contributed by atoms with E-state index in [1.807, 2.05) is 5.38 Å². The Morgan fingerprint density at radius 2 is 1.89 bits per heavy atom. The van der Waals surface area contributed by atoms with Crippen molar-refractivity contribution in [2.45, 2.75) is 13.5 Å². The summed E-state index contributed by atoms with van der Waals surface area (Å²) in [6.07, 6.45) is 0. The first-order valence-electron chi connectivity index (χ1n) is 6.40. The molecule has 19 heavy (non-hydrogen) atoms. The minimum Gasteiger partial charge on any atom is -0.506 e. The molecule has 94 valence electrons. The fourth-order valence-electron chi connectivity index (χ4n) is 2.90. The molecule has 4 aromatic rings. The van der Waals surface area contributed by atoms with E-state index in [1.165, 1.54) is 21.8 Å². The lowest BCUT2D eigenvalue weighted by molar-refractivity contribution is 0.484. The zero-order valence-corrected chi connectivity index (χ0v) is 11.4. The molecule has 1 N–H and O–H groups in total. The van der Waals surface area contributed by atoms with Crippen molar-refractivity contribution in [1.29, 1.82) is 0 Å². The molecule has 0 fully saturated rings. The molecule has 4 rings (SSSR count). The largest absolute Gasteiger partial charge is 0.506 e. The number of benzene rings is 2. The highest BCUT2D eigenvalue weighted by Crippen LogP contribution is 2.38. The van der Waals surface area contributed by atoms with E-state index in [1.54, 1.807) is 11.3 Å². The van der Waals surface area contributed by atoms with Crippen LogP contribution in [0.25, 0.3) is 31.9 Å². The zero-order chi connectivity index (χ0) is 13.0. The Morgan fingerprint density at radius 1 is 1.05 bits per heavy atom. The Morgan fingerprint density at radius 3 is 2.74 bits per heavy atom. The topological polar surface area (TPSA) is 25.2 Å². The standard InChI is InChI=1S/C16H13NOS/c1-2-17-13-6-4-3-5-10(13)11-8-16-12(7-14(11)17)15(18)9-19-16/h3-9,18H,2H2,1H3. The Balaban J connectivity index is 2.30. The maximum atomic E-state index is 9.91. The van der Waals surface area contributed by atoms with Gasteiger partial charge in [0.2, 0.25) is 0 Å². The monoisotopic (exact) mass is 267 g/mol. The van der Waals surface area contributed by atoms with Gasteiger partial charge < -0.3 is 9.67 Å². The first-order valence-corrected chi connectivity index (χ1v) is 7.28. The predicted molar refractivity (Wildman–Crippen MR) is 82.2 cm³/mol. The SMILES string of the molecule is CCn1c2ccccc2c2cc3scc(O)c3cc21. The van der Waals surface area contributed by atoms with Gasteiger partial charge in [-0.15, -0.1) is 11.3 Å². The van der Waals surface area contributed by atoms with Crippen LogP contribution in [0.2, 0.25) is 0 Å². The summed E-state index contributed by atoms with van der Waals surface area (Å²) < 4.78 is 3.45. The normalized spacial score (nSPS) is 11.8. The molecule has 3 heteroatoms. The summed E-state index contributed by atoms with van der Waals surface area (Å²) in [6, 6.07) is 12.8. The molecule has 0 atom stereocenters. The van der Waals surface area contributed by atoms with Gasteiger partial charge in [0.05, 0.1) is 0 Å². The summed E-state index contributed by atoms with van der Waals surface area (Å²) in [4.78, 5) is 0. The average Bonchev–Trinajstić information content (AvgIpc) is 2.95. The fourth-order valence-corrected chi connectivity index (χ4v) is 3.74. The Labute approximate surface area is 114 Å².